The summed E-state index contributed by atoms with van der Waals surface area (Å²) >= 11 is 0. The minimum absolute atomic E-state index is 0.0102. The number of ether oxygens (including phenoxy) is 3. The highest BCUT2D eigenvalue weighted by atomic mass is 16.7. The van der Waals surface area contributed by atoms with Crippen molar-refractivity contribution in [1.82, 2.24) is 5.32 Å². The lowest BCUT2D eigenvalue weighted by atomic mass is 9.77. The van der Waals surface area contributed by atoms with Gasteiger partial charge in [-0.15, -0.1) is 0 Å². The van der Waals surface area contributed by atoms with Crippen LogP contribution in [0.25, 0.3) is 22.1 Å². The number of aliphatic hydroxyl groups excluding tert-OH is 3. The van der Waals surface area contributed by atoms with Crippen LogP contribution in [0.1, 0.15) is 20.3 Å². The molecule has 0 aliphatic carbocycles. The van der Waals surface area contributed by atoms with E-state index in [4.69, 9.17) is 18.6 Å². The number of phenols is 1. The number of hydrogen-bond donors (Lipinski definition) is 7. The first kappa shape index (κ1) is 32.9. The lowest BCUT2D eigenvalue weighted by Crippen LogP contribution is -2.72. The number of nitrogens with one attached hydrogen (secondary N) is 1. The van der Waals surface area contributed by atoms with Crippen molar-refractivity contribution in [1.29, 1.82) is 0 Å². The van der Waals surface area contributed by atoms with Crippen LogP contribution >= 0.6 is 0 Å². The van der Waals surface area contributed by atoms with Gasteiger partial charge in [-0.1, -0.05) is 26.0 Å². The maximum absolute atomic E-state index is 13.1. The zero-order chi connectivity index (χ0) is 32.3. The van der Waals surface area contributed by atoms with Gasteiger partial charge in [-0.05, 0) is 49.2 Å². The van der Waals surface area contributed by atoms with Crippen molar-refractivity contribution in [2.75, 3.05) is 13.7 Å². The van der Waals surface area contributed by atoms with Gasteiger partial charge in [-0.3, -0.25) is 10.1 Å². The highest BCUT2D eigenvalue weighted by Gasteiger charge is 2.60. The molecule has 4 rings (SSSR count). The third kappa shape index (κ3) is 6.55. The highest BCUT2D eigenvalue weighted by molar-refractivity contribution is 5.98. The first-order valence-corrected chi connectivity index (χ1v) is 13.8. The normalized spacial score (nSPS) is 25.0. The van der Waals surface area contributed by atoms with Gasteiger partial charge in [0.1, 0.15) is 48.3 Å². The Labute approximate surface area is 251 Å². The van der Waals surface area contributed by atoms with Crippen LogP contribution in [0.5, 0.6) is 11.5 Å². The Balaban J connectivity index is 1.62. The summed E-state index contributed by atoms with van der Waals surface area (Å²) < 4.78 is 22.1. The average molecular weight is 618 g/mol. The topological polar surface area (TPSA) is 225 Å². The predicted octanol–water partition coefficient (Wildman–Crippen LogP) is 0.345. The number of carbonyl (C=O) groups is 2. The van der Waals surface area contributed by atoms with E-state index in [1.807, 2.05) is 0 Å². The molecule has 14 heteroatoms. The summed E-state index contributed by atoms with van der Waals surface area (Å²) in [5, 5.41) is 65.7. The summed E-state index contributed by atoms with van der Waals surface area (Å²) in [6.45, 7) is 2.73. The van der Waals surface area contributed by atoms with Crippen LogP contribution < -0.4 is 15.5 Å². The van der Waals surface area contributed by atoms with Crippen LogP contribution in [0.3, 0.4) is 0 Å². The van der Waals surface area contributed by atoms with Crippen LogP contribution in [0.2, 0.25) is 0 Å². The van der Waals surface area contributed by atoms with Crippen molar-refractivity contribution >= 4 is 22.9 Å². The molecule has 14 nitrogen and oxygen atoms in total. The number of aliphatic carboxylic acids is 1. The molecule has 2 aromatic carbocycles. The van der Waals surface area contributed by atoms with Crippen LogP contribution in [-0.2, 0) is 19.1 Å². The molecule has 2 heterocycles. The number of aliphatic hydroxyl groups is 4. The first-order chi connectivity index (χ1) is 20.8. The van der Waals surface area contributed by atoms with Crippen molar-refractivity contribution < 1.29 is 58.9 Å². The molecule has 0 radical (unpaired) electrons. The van der Waals surface area contributed by atoms with E-state index in [2.05, 4.69) is 5.32 Å². The van der Waals surface area contributed by atoms with E-state index < -0.39 is 60.9 Å². The number of fused-ring (bicyclic) bond motifs is 1. The lowest BCUT2D eigenvalue weighted by molar-refractivity contribution is -0.334. The fourth-order valence-electron chi connectivity index (χ4n) is 5.01. The van der Waals surface area contributed by atoms with Gasteiger partial charge < -0.3 is 49.3 Å². The number of benzene rings is 2. The lowest BCUT2D eigenvalue weighted by Gasteiger charge is -2.49. The minimum Gasteiger partial charge on any atom is -0.508 e. The smallest absolute Gasteiger partial charge is 0.334 e. The summed E-state index contributed by atoms with van der Waals surface area (Å²) in [5.74, 6) is -2.85. The van der Waals surface area contributed by atoms with Gasteiger partial charge >= 0.3 is 11.9 Å². The average Bonchev–Trinajstić information content (AvgIpc) is 2.97. The van der Waals surface area contributed by atoms with Crippen LogP contribution in [0.4, 0.5) is 0 Å². The fourth-order valence-corrected chi connectivity index (χ4v) is 5.01. The van der Waals surface area contributed by atoms with Gasteiger partial charge in [-0.2, -0.15) is 0 Å². The number of likely N-dealkylation sites (N-methyl/N-ethyl adjacent to an activating group) is 1. The van der Waals surface area contributed by atoms with E-state index in [9.17, 15) is 45.0 Å². The second-order valence-electron chi connectivity index (χ2n) is 11.0. The second kappa shape index (κ2) is 13.3. The van der Waals surface area contributed by atoms with Gasteiger partial charge in [0.2, 0.25) is 12.3 Å². The summed E-state index contributed by atoms with van der Waals surface area (Å²) in [6.07, 6.45) is -7.82. The SMILES string of the molecule is CN[C@H](C(=O)O)C(=O)OC[C@@H]1O[C@H](Oc2ccc3c(=O)c(-c4ccc(O)cc4)coc3c2)[C@@H](O)[C@](O)([C@H](O)CC(C)C)[C@H]1O. The number of aromatic hydroxyl groups is 1. The molecule has 0 saturated carbocycles. The number of carboxylic acid groups (broad SMARTS) is 1. The standard InChI is InChI=1S/C30H35NO13/c1-14(2)10-22(33)30(40)25(35)21(13-42-28(39)23(31-3)27(37)38)44-29(26(30)36)43-17-8-9-18-20(11-17)41-12-19(24(18)34)15-4-6-16(32)7-5-15/h4-9,11-12,14,21-23,25-26,29,31-33,35-36,40H,10,13H2,1-3H3,(H,37,38)/t21-,22+,23+,25-,26+,29-,30-/m0/s1. The maximum atomic E-state index is 13.1. The van der Waals surface area contributed by atoms with E-state index in [0.29, 0.717) is 5.56 Å². The molecule has 7 atom stereocenters. The molecule has 1 saturated heterocycles. The predicted molar refractivity (Wildman–Crippen MR) is 153 cm³/mol. The first-order valence-electron chi connectivity index (χ1n) is 13.8. The number of esters is 1. The maximum Gasteiger partial charge on any atom is 0.334 e. The number of phenolic OH excluding ortho intramolecular Hbond substituents is 1. The largest absolute Gasteiger partial charge is 0.508 e. The van der Waals surface area contributed by atoms with Crippen LogP contribution in [-0.4, -0.2) is 98.6 Å². The Morgan fingerprint density at radius 1 is 1.09 bits per heavy atom. The zero-order valence-corrected chi connectivity index (χ0v) is 24.1. The number of rotatable bonds is 11. The van der Waals surface area contributed by atoms with Gasteiger partial charge in [0.25, 0.3) is 0 Å². The highest BCUT2D eigenvalue weighted by Crippen LogP contribution is 2.36. The Bertz CT molecular complexity index is 1540. The van der Waals surface area contributed by atoms with Crippen molar-refractivity contribution in [2.45, 2.75) is 62.6 Å². The summed E-state index contributed by atoms with van der Waals surface area (Å²) in [7, 11) is 1.23. The van der Waals surface area contributed by atoms with E-state index in [0.717, 1.165) is 0 Å². The molecule has 0 unspecified atom stereocenters. The van der Waals surface area contributed by atoms with Gasteiger partial charge in [-0.25, -0.2) is 9.59 Å². The zero-order valence-electron chi connectivity index (χ0n) is 24.1. The molecule has 0 amide bonds. The molecule has 1 aliphatic heterocycles. The van der Waals surface area contributed by atoms with Crippen molar-refractivity contribution in [3.8, 4) is 22.6 Å². The molecule has 0 bridgehead atoms. The molecule has 1 fully saturated rings. The molecular formula is C30H35NO13. The van der Waals surface area contributed by atoms with E-state index >= 15 is 0 Å². The van der Waals surface area contributed by atoms with Crippen molar-refractivity contribution in [3.63, 3.8) is 0 Å². The molecule has 1 aromatic heterocycles. The van der Waals surface area contributed by atoms with Gasteiger partial charge in [0, 0.05) is 6.07 Å². The number of carboxylic acids is 1. The van der Waals surface area contributed by atoms with Crippen molar-refractivity contribution in [3.05, 3.63) is 59.0 Å². The summed E-state index contributed by atoms with van der Waals surface area (Å²) in [5.41, 5.74) is -2.12. The molecule has 3 aromatic rings. The Morgan fingerprint density at radius 3 is 2.39 bits per heavy atom. The van der Waals surface area contributed by atoms with Crippen molar-refractivity contribution in [2.24, 2.45) is 5.92 Å². The molecule has 7 N–H and O–H groups in total. The third-order valence-corrected chi connectivity index (χ3v) is 7.43. The fraction of sp³-hybridized carbons (Fsp3) is 0.433. The molecule has 44 heavy (non-hydrogen) atoms. The molecular weight excluding hydrogens is 582 g/mol. The summed E-state index contributed by atoms with van der Waals surface area (Å²) in [4.78, 5) is 36.7. The van der Waals surface area contributed by atoms with Crippen LogP contribution in [0, 0.1) is 5.92 Å². The number of carbonyl (C=O) groups excluding carboxylic acids is 1. The quantitative estimate of drug-likeness (QED) is 0.114. The molecule has 238 valence electrons. The third-order valence-electron chi connectivity index (χ3n) is 7.43. The molecule has 1 aliphatic rings. The minimum atomic E-state index is -2.62. The van der Waals surface area contributed by atoms with E-state index in [1.165, 1.54) is 43.6 Å². The van der Waals surface area contributed by atoms with Crippen LogP contribution in [0.15, 0.2) is 57.9 Å². The number of hydrogen-bond acceptors (Lipinski definition) is 13. The van der Waals surface area contributed by atoms with Gasteiger partial charge in [0.15, 0.2) is 11.0 Å². The summed E-state index contributed by atoms with van der Waals surface area (Å²) in [6, 6.07) is 8.38. The van der Waals surface area contributed by atoms with E-state index in [-0.39, 0.29) is 45.8 Å². The van der Waals surface area contributed by atoms with Gasteiger partial charge in [0.05, 0.1) is 17.1 Å². The monoisotopic (exact) mass is 617 g/mol. The Hall–Kier alpha value is -4.05. The second-order valence-corrected chi connectivity index (χ2v) is 11.0. The molecule has 0 spiro atoms. The Kier molecular flexibility index (Phi) is 9.93. The Morgan fingerprint density at radius 2 is 1.77 bits per heavy atom. The van der Waals surface area contributed by atoms with E-state index in [1.54, 1.807) is 26.0 Å².